The monoisotopic (exact) mass is 323 g/mol. The highest BCUT2D eigenvalue weighted by Gasteiger charge is 2.33. The summed E-state index contributed by atoms with van der Waals surface area (Å²) in [4.78, 5) is 2.25. The molecular weight excluding hydrogens is 298 g/mol. The van der Waals surface area contributed by atoms with Crippen LogP contribution < -0.4 is 4.90 Å². The van der Waals surface area contributed by atoms with Gasteiger partial charge in [-0.1, -0.05) is 25.1 Å². The molecule has 3 rings (SSSR count). The summed E-state index contributed by atoms with van der Waals surface area (Å²) in [5.41, 5.74) is 1.17. The third-order valence-electron chi connectivity index (χ3n) is 4.76. The van der Waals surface area contributed by atoms with Gasteiger partial charge in [-0.3, -0.25) is 0 Å². The largest absolute Gasteiger partial charge is 0.369 e. The molecular formula is C16H25N3O2S. The Hall–Kier alpha value is -1.11. The molecule has 6 heteroatoms. The van der Waals surface area contributed by atoms with Crippen LogP contribution in [0.3, 0.4) is 0 Å². The Morgan fingerprint density at radius 1 is 0.864 bits per heavy atom. The lowest BCUT2D eigenvalue weighted by molar-refractivity contribution is 0.260. The summed E-state index contributed by atoms with van der Waals surface area (Å²) in [6, 6.07) is 10.2. The van der Waals surface area contributed by atoms with Crippen LogP contribution in [0.4, 0.5) is 5.69 Å². The summed E-state index contributed by atoms with van der Waals surface area (Å²) >= 11 is 0. The maximum absolute atomic E-state index is 12.7. The van der Waals surface area contributed by atoms with Crippen molar-refractivity contribution in [2.24, 2.45) is 5.92 Å². The Labute approximate surface area is 133 Å². The molecule has 2 fully saturated rings. The van der Waals surface area contributed by atoms with Crippen molar-refractivity contribution in [3.05, 3.63) is 30.3 Å². The smallest absolute Gasteiger partial charge is 0.282 e. The number of benzene rings is 1. The van der Waals surface area contributed by atoms with Gasteiger partial charge in [0.1, 0.15) is 0 Å². The Morgan fingerprint density at radius 2 is 1.41 bits per heavy atom. The maximum atomic E-state index is 12.7. The Morgan fingerprint density at radius 3 is 2.00 bits per heavy atom. The van der Waals surface area contributed by atoms with E-state index in [9.17, 15) is 8.42 Å². The third-order valence-corrected chi connectivity index (χ3v) is 6.79. The van der Waals surface area contributed by atoms with E-state index in [4.69, 9.17) is 0 Å². The molecule has 2 saturated heterocycles. The summed E-state index contributed by atoms with van der Waals surface area (Å²) in [7, 11) is -3.27. The van der Waals surface area contributed by atoms with E-state index in [2.05, 4.69) is 24.0 Å². The van der Waals surface area contributed by atoms with Crippen LogP contribution in [-0.4, -0.2) is 56.3 Å². The van der Waals surface area contributed by atoms with Crippen molar-refractivity contribution in [2.45, 2.75) is 19.8 Å². The molecule has 2 aliphatic heterocycles. The van der Waals surface area contributed by atoms with Crippen LogP contribution in [0.2, 0.25) is 0 Å². The number of piperidine rings is 1. The molecule has 0 radical (unpaired) electrons. The molecule has 0 N–H and O–H groups in total. The minimum Gasteiger partial charge on any atom is -0.369 e. The summed E-state index contributed by atoms with van der Waals surface area (Å²) < 4.78 is 28.8. The lowest BCUT2D eigenvalue weighted by Gasteiger charge is -2.39. The van der Waals surface area contributed by atoms with E-state index in [1.807, 2.05) is 18.2 Å². The number of hydrogen-bond donors (Lipinski definition) is 0. The highest BCUT2D eigenvalue weighted by molar-refractivity contribution is 7.86. The molecule has 1 aromatic carbocycles. The fourth-order valence-electron chi connectivity index (χ4n) is 3.19. The topological polar surface area (TPSA) is 43.9 Å². The third kappa shape index (κ3) is 3.29. The van der Waals surface area contributed by atoms with Crippen LogP contribution in [-0.2, 0) is 10.2 Å². The Balaban J connectivity index is 1.61. The van der Waals surface area contributed by atoms with Crippen LogP contribution in [0.1, 0.15) is 19.8 Å². The molecule has 0 saturated carbocycles. The highest BCUT2D eigenvalue weighted by Crippen LogP contribution is 2.23. The first-order valence-corrected chi connectivity index (χ1v) is 9.52. The number of nitrogens with zero attached hydrogens (tertiary/aromatic N) is 3. The van der Waals surface area contributed by atoms with Crippen molar-refractivity contribution < 1.29 is 8.42 Å². The van der Waals surface area contributed by atoms with Crippen molar-refractivity contribution in [3.63, 3.8) is 0 Å². The zero-order chi connectivity index (χ0) is 15.6. The molecule has 0 aliphatic carbocycles. The minimum atomic E-state index is -3.27. The van der Waals surface area contributed by atoms with Crippen LogP contribution in [0.25, 0.3) is 0 Å². The number of anilines is 1. The van der Waals surface area contributed by atoms with Gasteiger partial charge in [0, 0.05) is 45.0 Å². The molecule has 2 heterocycles. The minimum absolute atomic E-state index is 0.573. The highest BCUT2D eigenvalue weighted by atomic mass is 32.2. The second-order valence-electron chi connectivity index (χ2n) is 6.31. The maximum Gasteiger partial charge on any atom is 0.282 e. The molecule has 0 aromatic heterocycles. The van der Waals surface area contributed by atoms with Crippen LogP contribution in [0, 0.1) is 5.92 Å². The Kier molecular flexibility index (Phi) is 4.70. The molecule has 0 atom stereocenters. The number of rotatable bonds is 3. The number of piperazine rings is 1. The number of para-hydroxylation sites is 1. The normalized spacial score (nSPS) is 22.9. The molecule has 0 spiro atoms. The zero-order valence-electron chi connectivity index (χ0n) is 13.2. The zero-order valence-corrected chi connectivity index (χ0v) is 14.0. The first-order chi connectivity index (χ1) is 10.6. The first-order valence-electron chi connectivity index (χ1n) is 8.12. The van der Waals surface area contributed by atoms with Gasteiger partial charge < -0.3 is 4.90 Å². The van der Waals surface area contributed by atoms with Crippen molar-refractivity contribution in [3.8, 4) is 0 Å². The molecule has 0 bridgehead atoms. The average molecular weight is 323 g/mol. The fraction of sp³-hybridized carbons (Fsp3) is 0.625. The second kappa shape index (κ2) is 6.56. The standard InChI is InChI=1S/C16H25N3O2S/c1-15-7-9-18(10-8-15)22(20,21)19-13-11-17(12-14-19)16-5-3-2-4-6-16/h2-6,15H,7-14H2,1H3. The van der Waals surface area contributed by atoms with Gasteiger partial charge >= 0.3 is 0 Å². The molecule has 5 nitrogen and oxygen atoms in total. The predicted octanol–water partition coefficient (Wildman–Crippen LogP) is 1.79. The van der Waals surface area contributed by atoms with Gasteiger partial charge in [-0.25, -0.2) is 0 Å². The first kappa shape index (κ1) is 15.8. The van der Waals surface area contributed by atoms with Gasteiger partial charge in [-0.05, 0) is 30.9 Å². The van der Waals surface area contributed by atoms with Crippen LogP contribution in [0.15, 0.2) is 30.3 Å². The quantitative estimate of drug-likeness (QED) is 0.852. The van der Waals surface area contributed by atoms with E-state index in [-0.39, 0.29) is 0 Å². The molecule has 0 amide bonds. The lowest BCUT2D eigenvalue weighted by atomic mass is 10.0. The molecule has 0 unspecified atom stereocenters. The average Bonchev–Trinajstić information content (AvgIpc) is 2.56. The van der Waals surface area contributed by atoms with Gasteiger partial charge in [0.15, 0.2) is 0 Å². The van der Waals surface area contributed by atoms with Gasteiger partial charge in [-0.2, -0.15) is 17.0 Å². The van der Waals surface area contributed by atoms with Gasteiger partial charge in [-0.15, -0.1) is 0 Å². The van der Waals surface area contributed by atoms with Crippen molar-refractivity contribution >= 4 is 15.9 Å². The van der Waals surface area contributed by atoms with Crippen molar-refractivity contribution in [1.29, 1.82) is 0 Å². The molecule has 2 aliphatic rings. The second-order valence-corrected chi connectivity index (χ2v) is 8.24. The predicted molar refractivity (Wildman–Crippen MR) is 89.1 cm³/mol. The van der Waals surface area contributed by atoms with Gasteiger partial charge in [0.2, 0.25) is 0 Å². The number of hydrogen-bond acceptors (Lipinski definition) is 3. The summed E-state index contributed by atoms with van der Waals surface area (Å²) in [6.07, 6.45) is 1.95. The Bertz CT molecular complexity index is 575. The van der Waals surface area contributed by atoms with Crippen LogP contribution in [0.5, 0.6) is 0 Å². The summed E-state index contributed by atoms with van der Waals surface area (Å²) in [5, 5.41) is 0. The molecule has 1 aromatic rings. The van der Waals surface area contributed by atoms with E-state index in [1.54, 1.807) is 8.61 Å². The van der Waals surface area contributed by atoms with E-state index in [1.165, 1.54) is 5.69 Å². The van der Waals surface area contributed by atoms with Crippen LogP contribution >= 0.6 is 0 Å². The SMILES string of the molecule is CC1CCN(S(=O)(=O)N2CCN(c3ccccc3)CC2)CC1. The fourth-order valence-corrected chi connectivity index (χ4v) is 4.82. The van der Waals surface area contributed by atoms with E-state index in [0.717, 1.165) is 25.9 Å². The summed E-state index contributed by atoms with van der Waals surface area (Å²) in [5.74, 6) is 0.640. The van der Waals surface area contributed by atoms with Crippen molar-refractivity contribution in [2.75, 3.05) is 44.2 Å². The molecule has 22 heavy (non-hydrogen) atoms. The lowest BCUT2D eigenvalue weighted by Crippen LogP contribution is -2.54. The van der Waals surface area contributed by atoms with Gasteiger partial charge in [0.25, 0.3) is 10.2 Å². The van der Waals surface area contributed by atoms with E-state index in [0.29, 0.717) is 32.1 Å². The van der Waals surface area contributed by atoms with E-state index < -0.39 is 10.2 Å². The molecule has 122 valence electrons. The van der Waals surface area contributed by atoms with Gasteiger partial charge in [0.05, 0.1) is 0 Å². The van der Waals surface area contributed by atoms with Crippen molar-refractivity contribution in [1.82, 2.24) is 8.61 Å². The summed E-state index contributed by atoms with van der Waals surface area (Å²) in [6.45, 7) is 6.20. The van der Waals surface area contributed by atoms with E-state index >= 15 is 0 Å².